The summed E-state index contributed by atoms with van der Waals surface area (Å²) in [5.41, 5.74) is 6.61. The Labute approximate surface area is 146 Å². The third kappa shape index (κ3) is 4.16. The molecule has 1 amide bonds. The van der Waals surface area contributed by atoms with Crippen LogP contribution in [0.4, 0.5) is 0 Å². The third-order valence-electron chi connectivity index (χ3n) is 4.54. The maximum absolute atomic E-state index is 12.3. The Bertz CT molecular complexity index is 676. The van der Waals surface area contributed by atoms with E-state index in [1.807, 2.05) is 29.2 Å². The number of aryl methyl sites for hydroxylation is 1. The van der Waals surface area contributed by atoms with Gasteiger partial charge in [0.25, 0.3) is 0 Å². The van der Waals surface area contributed by atoms with Crippen molar-refractivity contribution in [3.63, 3.8) is 0 Å². The van der Waals surface area contributed by atoms with Gasteiger partial charge in [-0.2, -0.15) is 0 Å². The van der Waals surface area contributed by atoms with Gasteiger partial charge in [-0.1, -0.05) is 11.6 Å². The SMILES string of the molecule is NCC1CCN(C(=O)CCc2ncc(-c3ccc(Cl)cc3)o2)CC1. The molecule has 2 heterocycles. The van der Waals surface area contributed by atoms with Crippen LogP contribution >= 0.6 is 11.6 Å². The van der Waals surface area contributed by atoms with Crippen molar-refractivity contribution in [1.82, 2.24) is 9.88 Å². The number of halogens is 1. The lowest BCUT2D eigenvalue weighted by Gasteiger charge is -2.31. The highest BCUT2D eigenvalue weighted by Gasteiger charge is 2.22. The molecule has 0 aliphatic carbocycles. The number of carbonyl (C=O) groups is 1. The third-order valence-corrected chi connectivity index (χ3v) is 4.79. The van der Waals surface area contributed by atoms with E-state index in [4.69, 9.17) is 21.8 Å². The number of rotatable bonds is 5. The molecule has 1 saturated heterocycles. The van der Waals surface area contributed by atoms with Crippen molar-refractivity contribution in [2.75, 3.05) is 19.6 Å². The number of amides is 1. The minimum Gasteiger partial charge on any atom is -0.441 e. The highest BCUT2D eigenvalue weighted by atomic mass is 35.5. The summed E-state index contributed by atoms with van der Waals surface area (Å²) in [6.07, 6.45) is 4.64. The Kier molecular flexibility index (Phi) is 5.53. The molecule has 0 unspecified atom stereocenters. The number of aromatic nitrogens is 1. The molecule has 24 heavy (non-hydrogen) atoms. The van der Waals surface area contributed by atoms with Gasteiger partial charge in [0.1, 0.15) is 0 Å². The van der Waals surface area contributed by atoms with Crippen LogP contribution in [0.5, 0.6) is 0 Å². The van der Waals surface area contributed by atoms with E-state index < -0.39 is 0 Å². The maximum Gasteiger partial charge on any atom is 0.223 e. The van der Waals surface area contributed by atoms with Crippen LogP contribution in [0.2, 0.25) is 5.02 Å². The van der Waals surface area contributed by atoms with E-state index in [-0.39, 0.29) is 5.91 Å². The van der Waals surface area contributed by atoms with Gasteiger partial charge >= 0.3 is 0 Å². The summed E-state index contributed by atoms with van der Waals surface area (Å²) in [5, 5.41) is 0.683. The molecule has 1 fully saturated rings. The summed E-state index contributed by atoms with van der Waals surface area (Å²) < 4.78 is 5.74. The Morgan fingerprint density at radius 3 is 2.67 bits per heavy atom. The molecule has 2 N–H and O–H groups in total. The molecular weight excluding hydrogens is 326 g/mol. The Balaban J connectivity index is 1.52. The molecule has 128 valence electrons. The molecule has 1 aliphatic rings. The number of likely N-dealkylation sites (tertiary alicyclic amines) is 1. The lowest BCUT2D eigenvalue weighted by atomic mass is 9.97. The quantitative estimate of drug-likeness (QED) is 0.901. The normalized spacial score (nSPS) is 15.7. The minimum absolute atomic E-state index is 0.164. The van der Waals surface area contributed by atoms with E-state index in [1.165, 1.54) is 0 Å². The average molecular weight is 348 g/mol. The second kappa shape index (κ2) is 7.81. The first-order valence-electron chi connectivity index (χ1n) is 8.34. The summed E-state index contributed by atoms with van der Waals surface area (Å²) in [5.74, 6) is 2.00. The van der Waals surface area contributed by atoms with Crippen LogP contribution in [-0.2, 0) is 11.2 Å². The summed E-state index contributed by atoms with van der Waals surface area (Å²) in [7, 11) is 0. The summed E-state index contributed by atoms with van der Waals surface area (Å²) in [4.78, 5) is 18.5. The predicted octanol–water partition coefficient (Wildman–Crippen LogP) is 3.12. The highest BCUT2D eigenvalue weighted by molar-refractivity contribution is 6.30. The van der Waals surface area contributed by atoms with Crippen molar-refractivity contribution in [3.8, 4) is 11.3 Å². The molecule has 0 saturated carbocycles. The van der Waals surface area contributed by atoms with Crippen molar-refractivity contribution in [3.05, 3.63) is 41.4 Å². The second-order valence-electron chi connectivity index (χ2n) is 6.19. The fraction of sp³-hybridized carbons (Fsp3) is 0.444. The van der Waals surface area contributed by atoms with Gasteiger partial charge in [0.15, 0.2) is 11.7 Å². The van der Waals surface area contributed by atoms with Gasteiger partial charge in [0.05, 0.1) is 6.20 Å². The lowest BCUT2D eigenvalue weighted by Crippen LogP contribution is -2.40. The zero-order valence-electron chi connectivity index (χ0n) is 13.6. The van der Waals surface area contributed by atoms with E-state index in [0.717, 1.165) is 31.5 Å². The van der Waals surface area contributed by atoms with Crippen LogP contribution in [0.15, 0.2) is 34.9 Å². The summed E-state index contributed by atoms with van der Waals surface area (Å²) in [6.45, 7) is 2.33. The Hall–Kier alpha value is -1.85. The molecule has 1 aromatic carbocycles. The fourth-order valence-electron chi connectivity index (χ4n) is 2.96. The number of hydrogen-bond donors (Lipinski definition) is 1. The van der Waals surface area contributed by atoms with Gasteiger partial charge in [0.2, 0.25) is 5.91 Å². The van der Waals surface area contributed by atoms with Gasteiger partial charge in [-0.25, -0.2) is 4.98 Å². The number of oxazole rings is 1. The van der Waals surface area contributed by atoms with Gasteiger partial charge < -0.3 is 15.1 Å². The van der Waals surface area contributed by atoms with E-state index in [2.05, 4.69) is 4.98 Å². The number of nitrogens with two attached hydrogens (primary N) is 1. The number of hydrogen-bond acceptors (Lipinski definition) is 4. The van der Waals surface area contributed by atoms with Gasteiger partial charge in [-0.15, -0.1) is 0 Å². The molecule has 1 aromatic heterocycles. The molecule has 1 aliphatic heterocycles. The first-order valence-corrected chi connectivity index (χ1v) is 8.72. The number of benzene rings is 1. The topological polar surface area (TPSA) is 72.4 Å². The molecule has 2 aromatic rings. The van der Waals surface area contributed by atoms with Crippen LogP contribution in [0.3, 0.4) is 0 Å². The van der Waals surface area contributed by atoms with Crippen LogP contribution < -0.4 is 5.73 Å². The first-order chi connectivity index (χ1) is 11.7. The lowest BCUT2D eigenvalue weighted by molar-refractivity contribution is -0.132. The van der Waals surface area contributed by atoms with Crippen molar-refractivity contribution in [1.29, 1.82) is 0 Å². The van der Waals surface area contributed by atoms with E-state index in [9.17, 15) is 4.79 Å². The fourth-order valence-corrected chi connectivity index (χ4v) is 3.09. The molecule has 0 bridgehead atoms. The molecule has 0 spiro atoms. The smallest absolute Gasteiger partial charge is 0.223 e. The van der Waals surface area contributed by atoms with Crippen LogP contribution in [0, 0.1) is 5.92 Å². The molecule has 0 radical (unpaired) electrons. The standard InChI is InChI=1S/C18H22ClN3O2/c19-15-3-1-14(2-4-15)16-12-21-17(24-16)5-6-18(23)22-9-7-13(11-20)8-10-22/h1-4,12-13H,5-11,20H2. The highest BCUT2D eigenvalue weighted by Crippen LogP contribution is 2.23. The Morgan fingerprint density at radius 2 is 2.00 bits per heavy atom. The zero-order valence-corrected chi connectivity index (χ0v) is 14.3. The summed E-state index contributed by atoms with van der Waals surface area (Å²) >= 11 is 5.89. The second-order valence-corrected chi connectivity index (χ2v) is 6.62. The van der Waals surface area contributed by atoms with Crippen molar-refractivity contribution in [2.45, 2.75) is 25.7 Å². The van der Waals surface area contributed by atoms with Gasteiger partial charge in [-0.05, 0) is 49.6 Å². The van der Waals surface area contributed by atoms with Gasteiger partial charge in [0, 0.05) is 36.5 Å². The largest absolute Gasteiger partial charge is 0.441 e. The van der Waals surface area contributed by atoms with Crippen molar-refractivity contribution < 1.29 is 9.21 Å². The average Bonchev–Trinajstić information content (AvgIpc) is 3.09. The van der Waals surface area contributed by atoms with Crippen molar-refractivity contribution in [2.24, 2.45) is 11.7 Å². The van der Waals surface area contributed by atoms with Crippen LogP contribution in [-0.4, -0.2) is 35.4 Å². The number of carbonyl (C=O) groups excluding carboxylic acids is 1. The number of piperidine rings is 1. The predicted molar refractivity (Wildman–Crippen MR) is 93.6 cm³/mol. The Morgan fingerprint density at radius 1 is 1.29 bits per heavy atom. The van der Waals surface area contributed by atoms with Crippen molar-refractivity contribution >= 4 is 17.5 Å². The first kappa shape index (κ1) is 17.0. The molecular formula is C18H22ClN3O2. The molecule has 5 nitrogen and oxygen atoms in total. The van der Waals surface area contributed by atoms with E-state index >= 15 is 0 Å². The van der Waals surface area contributed by atoms with Gasteiger partial charge in [-0.3, -0.25) is 4.79 Å². The molecule has 3 rings (SSSR count). The summed E-state index contributed by atoms with van der Waals surface area (Å²) in [6, 6.07) is 7.40. The molecule has 0 atom stereocenters. The van der Waals surface area contributed by atoms with E-state index in [1.54, 1.807) is 6.20 Å². The van der Waals surface area contributed by atoms with Crippen LogP contribution in [0.1, 0.15) is 25.2 Å². The van der Waals surface area contributed by atoms with E-state index in [0.29, 0.717) is 42.0 Å². The maximum atomic E-state index is 12.3. The monoisotopic (exact) mass is 347 g/mol. The van der Waals surface area contributed by atoms with Crippen LogP contribution in [0.25, 0.3) is 11.3 Å². The molecule has 6 heteroatoms. The minimum atomic E-state index is 0.164. The number of nitrogens with zero attached hydrogens (tertiary/aromatic N) is 2. The zero-order chi connectivity index (χ0) is 16.9.